The Hall–Kier alpha value is -2.30. The zero-order valence-electron chi connectivity index (χ0n) is 18.8. The fourth-order valence-corrected chi connectivity index (χ4v) is 5.23. The van der Waals surface area contributed by atoms with Crippen LogP contribution in [0.1, 0.15) is 52.3 Å². The molecule has 1 aromatic carbocycles. The number of esters is 1. The Balaban J connectivity index is 1.51. The average molecular weight is 412 g/mol. The van der Waals surface area contributed by atoms with E-state index in [2.05, 4.69) is 48.2 Å². The number of ether oxygens (including phenoxy) is 2. The number of hydrogen-bond acceptors (Lipinski definition) is 3. The molecule has 0 unspecified atom stereocenters. The molecule has 162 valence electrons. The summed E-state index contributed by atoms with van der Waals surface area (Å²) in [7, 11) is 1.68. The van der Waals surface area contributed by atoms with E-state index in [-0.39, 0.29) is 12.1 Å². The van der Waals surface area contributed by atoms with Crippen molar-refractivity contribution < 1.29 is 18.8 Å². The van der Waals surface area contributed by atoms with Crippen molar-refractivity contribution in [1.82, 2.24) is 4.57 Å². The molecule has 0 amide bonds. The van der Waals surface area contributed by atoms with Crippen molar-refractivity contribution in [2.75, 3.05) is 7.11 Å². The Kier molecular flexibility index (Phi) is 6.16. The van der Waals surface area contributed by atoms with E-state index >= 15 is 0 Å². The number of nitrogens with zero attached hydrogens (tertiary/aromatic N) is 2. The summed E-state index contributed by atoms with van der Waals surface area (Å²) in [4.78, 5) is 12.9. The van der Waals surface area contributed by atoms with Gasteiger partial charge in [-0.1, -0.05) is 27.2 Å². The van der Waals surface area contributed by atoms with Crippen molar-refractivity contribution in [1.29, 1.82) is 0 Å². The van der Waals surface area contributed by atoms with Gasteiger partial charge in [0, 0.05) is 5.56 Å². The van der Waals surface area contributed by atoms with E-state index in [9.17, 15) is 4.79 Å². The number of imidazole rings is 1. The fraction of sp³-hybridized carbons (Fsp3) is 0.600. The third-order valence-electron chi connectivity index (χ3n) is 6.92. The maximum Gasteiger partial charge on any atom is 0.348 e. The number of methoxy groups -OCH3 is 1. The molecule has 2 aromatic rings. The summed E-state index contributed by atoms with van der Waals surface area (Å²) in [6, 6.07) is 8.14. The van der Waals surface area contributed by atoms with Crippen LogP contribution in [0.5, 0.6) is 5.75 Å². The molecular weight excluding hydrogens is 376 g/mol. The van der Waals surface area contributed by atoms with Gasteiger partial charge in [-0.2, -0.15) is 0 Å². The van der Waals surface area contributed by atoms with Gasteiger partial charge in [0.1, 0.15) is 18.1 Å². The quantitative estimate of drug-likeness (QED) is 0.523. The van der Waals surface area contributed by atoms with Crippen molar-refractivity contribution in [2.24, 2.45) is 17.8 Å². The highest BCUT2D eigenvalue weighted by Gasteiger charge is 2.35. The predicted octanol–water partition coefficient (Wildman–Crippen LogP) is 4.40. The van der Waals surface area contributed by atoms with Gasteiger partial charge >= 0.3 is 5.97 Å². The molecule has 2 aliphatic rings. The van der Waals surface area contributed by atoms with Crippen LogP contribution in [0.4, 0.5) is 0 Å². The lowest BCUT2D eigenvalue weighted by Gasteiger charge is -2.36. The molecule has 0 spiro atoms. The maximum atomic E-state index is 12.9. The minimum Gasteiger partial charge on any atom is -0.497 e. The lowest BCUT2D eigenvalue weighted by Crippen LogP contribution is -2.43. The molecule has 1 aromatic heterocycles. The Morgan fingerprint density at radius 3 is 2.70 bits per heavy atom. The molecule has 1 saturated carbocycles. The lowest BCUT2D eigenvalue weighted by molar-refractivity contribution is -0.692. The summed E-state index contributed by atoms with van der Waals surface area (Å²) in [6.45, 7) is 8.06. The molecule has 1 aliphatic carbocycles. The van der Waals surface area contributed by atoms with Crippen molar-refractivity contribution in [3.8, 4) is 17.0 Å². The second kappa shape index (κ2) is 8.83. The topological polar surface area (TPSA) is 44.3 Å². The van der Waals surface area contributed by atoms with Crippen molar-refractivity contribution in [2.45, 2.75) is 72.1 Å². The monoisotopic (exact) mass is 411 g/mol. The Morgan fingerprint density at radius 1 is 1.23 bits per heavy atom. The first kappa shape index (κ1) is 21.0. The normalized spacial score (nSPS) is 23.4. The van der Waals surface area contributed by atoms with Crippen LogP contribution in [0.3, 0.4) is 0 Å². The van der Waals surface area contributed by atoms with E-state index in [0.717, 1.165) is 49.2 Å². The summed E-state index contributed by atoms with van der Waals surface area (Å²) >= 11 is 0. The standard InChI is InChI=1S/C25H35N2O3/c1-17(2)21-12-7-18(3)14-23(21)30-25(28)16-26-15-22(27-13-5-6-24(26)27)19-8-10-20(29-4)11-9-19/h8-11,15,17-18,21,23H,5-7,12-14,16H2,1-4H3/q+1/t18-,21+,23+/m0/s1. The highest BCUT2D eigenvalue weighted by Crippen LogP contribution is 2.35. The first-order chi connectivity index (χ1) is 14.5. The van der Waals surface area contributed by atoms with E-state index in [1.807, 2.05) is 12.1 Å². The van der Waals surface area contributed by atoms with Gasteiger partial charge in [0.25, 0.3) is 5.82 Å². The number of aromatic nitrogens is 2. The average Bonchev–Trinajstić information content (AvgIpc) is 3.32. The number of benzene rings is 1. The SMILES string of the molecule is COc1ccc(-c2c[n+](CC(=O)O[C@@H]3C[C@@H](C)CC[C@@H]3C(C)C)c3n2CCC3)cc1. The van der Waals surface area contributed by atoms with Crippen molar-refractivity contribution >= 4 is 5.97 Å². The smallest absolute Gasteiger partial charge is 0.348 e. The van der Waals surface area contributed by atoms with E-state index < -0.39 is 0 Å². The van der Waals surface area contributed by atoms with Crippen LogP contribution in [-0.4, -0.2) is 23.8 Å². The molecule has 0 saturated heterocycles. The van der Waals surface area contributed by atoms with E-state index in [0.29, 0.717) is 24.3 Å². The molecule has 0 bridgehead atoms. The van der Waals surface area contributed by atoms with Crippen LogP contribution in [-0.2, 0) is 29.0 Å². The van der Waals surface area contributed by atoms with E-state index in [1.54, 1.807) is 7.11 Å². The molecule has 5 nitrogen and oxygen atoms in total. The van der Waals surface area contributed by atoms with Gasteiger partial charge in [0.15, 0.2) is 12.2 Å². The molecule has 0 N–H and O–H groups in total. The first-order valence-corrected chi connectivity index (χ1v) is 11.4. The minimum atomic E-state index is -0.105. The third kappa shape index (κ3) is 4.26. The van der Waals surface area contributed by atoms with Gasteiger partial charge in [-0.05, 0) is 61.3 Å². The van der Waals surface area contributed by atoms with Crippen molar-refractivity contribution in [3.05, 3.63) is 36.3 Å². The highest BCUT2D eigenvalue weighted by molar-refractivity contribution is 5.68. The molecule has 30 heavy (non-hydrogen) atoms. The first-order valence-electron chi connectivity index (χ1n) is 11.4. The summed E-state index contributed by atoms with van der Waals surface area (Å²) < 4.78 is 15.8. The van der Waals surface area contributed by atoms with Gasteiger partial charge in [-0.3, -0.25) is 0 Å². The Bertz CT molecular complexity index is 885. The zero-order valence-corrected chi connectivity index (χ0v) is 18.8. The number of rotatable bonds is 6. The molecular formula is C25H35N2O3+. The van der Waals surface area contributed by atoms with Crippen LogP contribution < -0.4 is 9.30 Å². The molecule has 4 rings (SSSR count). The van der Waals surface area contributed by atoms with Gasteiger partial charge in [0.05, 0.1) is 20.1 Å². The second-order valence-corrected chi connectivity index (χ2v) is 9.40. The van der Waals surface area contributed by atoms with E-state index in [1.165, 1.54) is 12.2 Å². The van der Waals surface area contributed by atoms with Crippen LogP contribution >= 0.6 is 0 Å². The van der Waals surface area contributed by atoms with Gasteiger partial charge < -0.3 is 9.47 Å². The van der Waals surface area contributed by atoms with Crippen LogP contribution in [0, 0.1) is 17.8 Å². The summed E-state index contributed by atoms with van der Waals surface area (Å²) in [5, 5.41) is 0. The minimum absolute atomic E-state index is 0.0542. The molecule has 3 atom stereocenters. The van der Waals surface area contributed by atoms with Gasteiger partial charge in [0.2, 0.25) is 0 Å². The summed E-state index contributed by atoms with van der Waals surface area (Å²) in [6.07, 6.45) is 7.67. The number of carbonyl (C=O) groups is 1. The number of carbonyl (C=O) groups excluding carboxylic acids is 1. The Labute approximate surface area is 180 Å². The molecule has 0 radical (unpaired) electrons. The largest absolute Gasteiger partial charge is 0.497 e. The summed E-state index contributed by atoms with van der Waals surface area (Å²) in [5.41, 5.74) is 2.30. The molecule has 1 fully saturated rings. The summed E-state index contributed by atoms with van der Waals surface area (Å²) in [5.74, 6) is 3.62. The van der Waals surface area contributed by atoms with Crippen LogP contribution in [0.2, 0.25) is 0 Å². The highest BCUT2D eigenvalue weighted by atomic mass is 16.5. The lowest BCUT2D eigenvalue weighted by atomic mass is 9.75. The van der Waals surface area contributed by atoms with Crippen LogP contribution in [0.25, 0.3) is 11.3 Å². The molecule has 5 heteroatoms. The second-order valence-electron chi connectivity index (χ2n) is 9.40. The van der Waals surface area contributed by atoms with Crippen LogP contribution in [0.15, 0.2) is 30.5 Å². The zero-order chi connectivity index (χ0) is 21.3. The fourth-order valence-electron chi connectivity index (χ4n) is 5.23. The molecule has 1 aliphatic heterocycles. The number of fused-ring (bicyclic) bond motifs is 1. The van der Waals surface area contributed by atoms with Gasteiger partial charge in [-0.25, -0.2) is 13.9 Å². The number of hydrogen-bond donors (Lipinski definition) is 0. The van der Waals surface area contributed by atoms with E-state index in [4.69, 9.17) is 9.47 Å². The predicted molar refractivity (Wildman–Crippen MR) is 116 cm³/mol. The van der Waals surface area contributed by atoms with Crippen molar-refractivity contribution in [3.63, 3.8) is 0 Å². The Morgan fingerprint density at radius 2 is 2.00 bits per heavy atom. The molecule has 2 heterocycles. The van der Waals surface area contributed by atoms with Gasteiger partial charge in [-0.15, -0.1) is 0 Å². The third-order valence-corrected chi connectivity index (χ3v) is 6.92. The maximum absolute atomic E-state index is 12.9.